The fourth-order valence-electron chi connectivity index (χ4n) is 3.28. The van der Waals surface area contributed by atoms with E-state index in [-0.39, 0.29) is 0 Å². The van der Waals surface area contributed by atoms with Crippen LogP contribution in [0, 0.1) is 0 Å². The second kappa shape index (κ2) is 5.89. The maximum absolute atomic E-state index is 5.46. The number of nitrogens with one attached hydrogen (secondary N) is 1. The highest BCUT2D eigenvalue weighted by Crippen LogP contribution is 2.32. The molecule has 25 heavy (non-hydrogen) atoms. The van der Waals surface area contributed by atoms with Gasteiger partial charge in [-0.05, 0) is 17.7 Å². The highest BCUT2D eigenvalue weighted by Gasteiger charge is 2.20. The molecule has 0 radical (unpaired) electrons. The molecule has 8 heteroatoms. The van der Waals surface area contributed by atoms with Crippen molar-refractivity contribution in [2.75, 3.05) is 37.9 Å². The average molecular weight is 338 g/mol. The van der Waals surface area contributed by atoms with Crippen molar-refractivity contribution in [2.24, 2.45) is 0 Å². The van der Waals surface area contributed by atoms with Crippen LogP contribution >= 0.6 is 0 Å². The molecule has 128 valence electrons. The lowest BCUT2D eigenvalue weighted by atomic mass is 10.1. The van der Waals surface area contributed by atoms with E-state index in [1.807, 2.05) is 6.07 Å². The molecule has 1 N–H and O–H groups in total. The number of rotatable bonds is 3. The number of hydrogen-bond donors (Lipinski definition) is 1. The number of piperazine rings is 1. The van der Waals surface area contributed by atoms with Gasteiger partial charge < -0.3 is 19.4 Å². The first-order valence-electron chi connectivity index (χ1n) is 8.37. The highest BCUT2D eigenvalue weighted by atomic mass is 16.7. The van der Waals surface area contributed by atoms with Crippen molar-refractivity contribution >= 4 is 17.1 Å². The number of aromatic nitrogens is 4. The Labute approximate surface area is 144 Å². The van der Waals surface area contributed by atoms with Crippen molar-refractivity contribution in [1.29, 1.82) is 0 Å². The highest BCUT2D eigenvalue weighted by molar-refractivity contribution is 5.69. The molecule has 1 aromatic carbocycles. The lowest BCUT2D eigenvalue weighted by Crippen LogP contribution is -2.46. The number of aromatic amines is 1. The second-order valence-electron chi connectivity index (χ2n) is 6.26. The van der Waals surface area contributed by atoms with Gasteiger partial charge in [-0.25, -0.2) is 9.97 Å². The van der Waals surface area contributed by atoms with Crippen molar-refractivity contribution < 1.29 is 9.47 Å². The van der Waals surface area contributed by atoms with Crippen LogP contribution in [0.4, 0.5) is 5.95 Å². The van der Waals surface area contributed by atoms with Crippen LogP contribution in [0.1, 0.15) is 5.56 Å². The Morgan fingerprint density at radius 3 is 2.84 bits per heavy atom. The molecule has 0 saturated carbocycles. The summed E-state index contributed by atoms with van der Waals surface area (Å²) in [5.41, 5.74) is 2.82. The third-order valence-corrected chi connectivity index (χ3v) is 4.66. The maximum atomic E-state index is 5.46. The SMILES string of the molecule is c1nc2nc(N3CCN(Cc4ccc5c(c4)OCO5)CC3)ncc2[nH]1. The van der Waals surface area contributed by atoms with E-state index in [4.69, 9.17) is 9.47 Å². The first-order valence-corrected chi connectivity index (χ1v) is 8.37. The monoisotopic (exact) mass is 338 g/mol. The zero-order valence-corrected chi connectivity index (χ0v) is 13.7. The smallest absolute Gasteiger partial charge is 0.231 e. The molecule has 1 saturated heterocycles. The van der Waals surface area contributed by atoms with Gasteiger partial charge in [-0.1, -0.05) is 6.07 Å². The van der Waals surface area contributed by atoms with Crippen LogP contribution in [0.15, 0.2) is 30.7 Å². The Balaban J connectivity index is 1.23. The van der Waals surface area contributed by atoms with E-state index in [2.05, 4.69) is 41.9 Å². The number of anilines is 1. The van der Waals surface area contributed by atoms with Crippen molar-refractivity contribution in [3.63, 3.8) is 0 Å². The van der Waals surface area contributed by atoms with E-state index in [1.165, 1.54) is 5.56 Å². The summed E-state index contributed by atoms with van der Waals surface area (Å²) in [7, 11) is 0. The zero-order chi connectivity index (χ0) is 16.6. The van der Waals surface area contributed by atoms with E-state index in [0.29, 0.717) is 12.4 Å². The van der Waals surface area contributed by atoms with Crippen LogP contribution in [0.5, 0.6) is 11.5 Å². The first-order chi connectivity index (χ1) is 12.3. The van der Waals surface area contributed by atoms with Crippen molar-refractivity contribution in [3.05, 3.63) is 36.3 Å². The van der Waals surface area contributed by atoms with Crippen LogP contribution in [0.25, 0.3) is 11.2 Å². The molecule has 0 aliphatic carbocycles. The van der Waals surface area contributed by atoms with Gasteiger partial charge in [0.25, 0.3) is 0 Å². The van der Waals surface area contributed by atoms with Crippen molar-refractivity contribution in [3.8, 4) is 11.5 Å². The van der Waals surface area contributed by atoms with Crippen LogP contribution in [-0.4, -0.2) is 57.8 Å². The van der Waals surface area contributed by atoms with Gasteiger partial charge in [0, 0.05) is 32.7 Å². The molecular formula is C17H18N6O2. The fraction of sp³-hybridized carbons (Fsp3) is 0.353. The number of nitrogens with zero attached hydrogens (tertiary/aromatic N) is 5. The largest absolute Gasteiger partial charge is 0.454 e. The Morgan fingerprint density at radius 1 is 1.04 bits per heavy atom. The predicted octanol–water partition coefficient (Wildman–Crippen LogP) is 1.40. The van der Waals surface area contributed by atoms with Gasteiger partial charge in [-0.15, -0.1) is 0 Å². The quantitative estimate of drug-likeness (QED) is 0.773. The minimum Gasteiger partial charge on any atom is -0.454 e. The molecule has 3 aromatic rings. The molecule has 8 nitrogen and oxygen atoms in total. The first kappa shape index (κ1) is 14.5. The molecule has 2 aliphatic rings. The zero-order valence-electron chi connectivity index (χ0n) is 13.7. The summed E-state index contributed by atoms with van der Waals surface area (Å²) < 4.78 is 10.8. The Morgan fingerprint density at radius 2 is 1.92 bits per heavy atom. The number of H-pyrrole nitrogens is 1. The van der Waals surface area contributed by atoms with Crippen LogP contribution < -0.4 is 14.4 Å². The average Bonchev–Trinajstić information content (AvgIpc) is 3.30. The fourth-order valence-corrected chi connectivity index (χ4v) is 3.28. The van der Waals surface area contributed by atoms with Gasteiger partial charge in [-0.2, -0.15) is 4.98 Å². The van der Waals surface area contributed by atoms with E-state index in [1.54, 1.807) is 12.5 Å². The molecule has 4 heterocycles. The lowest BCUT2D eigenvalue weighted by Gasteiger charge is -2.34. The molecule has 0 atom stereocenters. The van der Waals surface area contributed by atoms with Gasteiger partial charge in [0.05, 0.1) is 12.5 Å². The molecule has 0 spiro atoms. The number of benzene rings is 1. The molecule has 5 rings (SSSR count). The summed E-state index contributed by atoms with van der Waals surface area (Å²) in [5.74, 6) is 2.43. The van der Waals surface area contributed by atoms with Gasteiger partial charge in [0.15, 0.2) is 17.1 Å². The summed E-state index contributed by atoms with van der Waals surface area (Å²) >= 11 is 0. The third kappa shape index (κ3) is 2.74. The van der Waals surface area contributed by atoms with Crippen LogP contribution in [-0.2, 0) is 6.54 Å². The minimum atomic E-state index is 0.317. The third-order valence-electron chi connectivity index (χ3n) is 4.66. The van der Waals surface area contributed by atoms with E-state index < -0.39 is 0 Å². The Kier molecular flexibility index (Phi) is 3.41. The number of imidazole rings is 1. The molecular weight excluding hydrogens is 320 g/mol. The number of fused-ring (bicyclic) bond motifs is 2. The minimum absolute atomic E-state index is 0.317. The van der Waals surface area contributed by atoms with Crippen molar-refractivity contribution in [2.45, 2.75) is 6.54 Å². The van der Waals surface area contributed by atoms with Crippen LogP contribution in [0.2, 0.25) is 0 Å². The molecule has 0 bridgehead atoms. The number of ether oxygens (including phenoxy) is 2. The Bertz CT molecular complexity index is 903. The van der Waals surface area contributed by atoms with Gasteiger partial charge >= 0.3 is 0 Å². The molecule has 1 fully saturated rings. The second-order valence-corrected chi connectivity index (χ2v) is 6.26. The molecule has 0 amide bonds. The van der Waals surface area contributed by atoms with Gasteiger partial charge in [0.2, 0.25) is 12.7 Å². The van der Waals surface area contributed by atoms with Gasteiger partial charge in [0.1, 0.15) is 5.52 Å². The maximum Gasteiger partial charge on any atom is 0.231 e. The standard InChI is InChI=1S/C17H18N6O2/c1-2-14-15(25-11-24-14)7-12(1)9-22-3-5-23(6-4-22)17-18-8-13-16(21-17)20-10-19-13/h1-2,7-8,10H,3-6,9,11H2,(H,18,19,20,21). The van der Waals surface area contributed by atoms with Crippen molar-refractivity contribution in [1.82, 2.24) is 24.8 Å². The summed E-state index contributed by atoms with van der Waals surface area (Å²) in [6.07, 6.45) is 3.44. The molecule has 0 unspecified atom stereocenters. The summed E-state index contributed by atoms with van der Waals surface area (Å²) in [6.45, 7) is 4.97. The Hall–Kier alpha value is -2.87. The van der Waals surface area contributed by atoms with E-state index in [9.17, 15) is 0 Å². The summed E-state index contributed by atoms with van der Waals surface area (Å²) in [4.78, 5) is 20.8. The topological polar surface area (TPSA) is 79.4 Å². The van der Waals surface area contributed by atoms with Gasteiger partial charge in [-0.3, -0.25) is 4.90 Å². The molecule has 2 aliphatic heterocycles. The summed E-state index contributed by atoms with van der Waals surface area (Å²) in [5, 5.41) is 0. The van der Waals surface area contributed by atoms with E-state index in [0.717, 1.165) is 55.7 Å². The van der Waals surface area contributed by atoms with Crippen LogP contribution in [0.3, 0.4) is 0 Å². The lowest BCUT2D eigenvalue weighted by molar-refractivity contribution is 0.174. The normalized spacial score (nSPS) is 17.4. The predicted molar refractivity (Wildman–Crippen MR) is 91.7 cm³/mol. The van der Waals surface area contributed by atoms with E-state index >= 15 is 0 Å². The summed E-state index contributed by atoms with van der Waals surface area (Å²) in [6, 6.07) is 6.17. The molecule has 2 aromatic heterocycles. The number of hydrogen-bond acceptors (Lipinski definition) is 7.